The first-order valence-electron chi connectivity index (χ1n) is 9.29. The maximum atomic E-state index is 6.51. The van der Waals surface area contributed by atoms with Crippen LogP contribution in [-0.4, -0.2) is 27.0 Å². The molecule has 0 saturated carbocycles. The normalized spacial score (nSPS) is 10.5. The Hall–Kier alpha value is -3.36. The van der Waals surface area contributed by atoms with Gasteiger partial charge in [-0.1, -0.05) is 41.4 Å². The molecule has 0 saturated heterocycles. The fraction of sp³-hybridized carbons (Fsp3) is 0.0909. The number of halogens is 1. The molecule has 2 aromatic heterocycles. The van der Waals surface area contributed by atoms with Gasteiger partial charge < -0.3 is 14.2 Å². The second-order valence-corrected chi connectivity index (χ2v) is 7.60. The van der Waals surface area contributed by atoms with E-state index in [2.05, 4.69) is 24.7 Å². The zero-order valence-corrected chi connectivity index (χ0v) is 18.3. The van der Waals surface area contributed by atoms with Crippen LogP contribution < -0.4 is 14.2 Å². The van der Waals surface area contributed by atoms with E-state index in [1.807, 2.05) is 43.3 Å². The van der Waals surface area contributed by atoms with E-state index in [0.29, 0.717) is 23.1 Å². The maximum Gasteiger partial charge on any atom is 0.208 e. The molecule has 2 heterocycles. The van der Waals surface area contributed by atoms with Gasteiger partial charge in [-0.05, 0) is 49.2 Å². The van der Waals surface area contributed by atoms with Crippen molar-refractivity contribution in [2.24, 2.45) is 0 Å². The van der Waals surface area contributed by atoms with Crippen LogP contribution in [0.25, 0.3) is 11.6 Å². The van der Waals surface area contributed by atoms with E-state index in [1.165, 1.54) is 17.5 Å². The summed E-state index contributed by atoms with van der Waals surface area (Å²) in [6, 6.07) is 17.1. The maximum absolute atomic E-state index is 6.51. The van der Waals surface area contributed by atoms with Gasteiger partial charge in [0.15, 0.2) is 28.3 Å². The standard InChI is InChI=1S/C22H18ClN5O2S/c1-14-8-10-15(11-9-14)31-28-20-18(30-17-7-4-3-6-16(17)29-2)19(23)26-22(27-20)21-24-12-5-13-25-21/h3-13H,1-2H3,(H,26,27,28). The highest BCUT2D eigenvalue weighted by Gasteiger charge is 2.19. The van der Waals surface area contributed by atoms with Crippen LogP contribution >= 0.6 is 23.5 Å². The zero-order valence-electron chi connectivity index (χ0n) is 16.7. The quantitative estimate of drug-likeness (QED) is 0.278. The fourth-order valence-electron chi connectivity index (χ4n) is 2.62. The summed E-state index contributed by atoms with van der Waals surface area (Å²) in [6.07, 6.45) is 3.24. The van der Waals surface area contributed by atoms with Crippen molar-refractivity contribution in [2.75, 3.05) is 11.8 Å². The number of rotatable bonds is 7. The van der Waals surface area contributed by atoms with Crippen LogP contribution in [0.15, 0.2) is 71.9 Å². The predicted octanol–water partition coefficient (Wildman–Crippen LogP) is 5.82. The highest BCUT2D eigenvalue weighted by molar-refractivity contribution is 8.00. The molecule has 0 unspecified atom stereocenters. The Balaban J connectivity index is 1.72. The number of anilines is 1. The van der Waals surface area contributed by atoms with Gasteiger partial charge in [-0.15, -0.1) is 0 Å². The molecule has 0 fully saturated rings. The van der Waals surface area contributed by atoms with E-state index < -0.39 is 0 Å². The van der Waals surface area contributed by atoms with Gasteiger partial charge in [0.1, 0.15) is 0 Å². The first-order chi connectivity index (χ1) is 15.1. The lowest BCUT2D eigenvalue weighted by atomic mass is 10.2. The van der Waals surface area contributed by atoms with Crippen LogP contribution in [-0.2, 0) is 0 Å². The summed E-state index contributed by atoms with van der Waals surface area (Å²) < 4.78 is 14.7. The Morgan fingerprint density at radius 2 is 1.58 bits per heavy atom. The van der Waals surface area contributed by atoms with E-state index in [-0.39, 0.29) is 16.7 Å². The third kappa shape index (κ3) is 5.04. The molecule has 0 spiro atoms. The van der Waals surface area contributed by atoms with Crippen LogP contribution in [0.3, 0.4) is 0 Å². The van der Waals surface area contributed by atoms with Crippen LogP contribution in [0, 0.1) is 6.92 Å². The summed E-state index contributed by atoms with van der Waals surface area (Å²) in [7, 11) is 1.57. The molecule has 7 nitrogen and oxygen atoms in total. The second kappa shape index (κ2) is 9.63. The lowest BCUT2D eigenvalue weighted by Crippen LogP contribution is -2.03. The van der Waals surface area contributed by atoms with E-state index in [9.17, 15) is 0 Å². The van der Waals surface area contributed by atoms with E-state index in [1.54, 1.807) is 37.7 Å². The summed E-state index contributed by atoms with van der Waals surface area (Å²) in [5.74, 6) is 2.35. The summed E-state index contributed by atoms with van der Waals surface area (Å²) in [5.41, 5.74) is 1.18. The third-order valence-electron chi connectivity index (χ3n) is 4.16. The first-order valence-corrected chi connectivity index (χ1v) is 10.5. The number of methoxy groups -OCH3 is 1. The van der Waals surface area contributed by atoms with Gasteiger partial charge in [0.05, 0.1) is 7.11 Å². The molecule has 2 aromatic carbocycles. The molecule has 0 atom stereocenters. The van der Waals surface area contributed by atoms with Gasteiger partial charge in [-0.2, -0.15) is 0 Å². The number of hydrogen-bond donors (Lipinski definition) is 1. The summed E-state index contributed by atoms with van der Waals surface area (Å²) >= 11 is 7.89. The van der Waals surface area contributed by atoms with Crippen LogP contribution in [0.1, 0.15) is 5.56 Å². The summed E-state index contributed by atoms with van der Waals surface area (Å²) in [5, 5.41) is 0.121. The van der Waals surface area contributed by atoms with Crippen molar-refractivity contribution < 1.29 is 9.47 Å². The lowest BCUT2D eigenvalue weighted by molar-refractivity contribution is 0.378. The molecule has 0 amide bonds. The van der Waals surface area contributed by atoms with Gasteiger partial charge in [-0.25, -0.2) is 19.9 Å². The first kappa shape index (κ1) is 20.9. The number of hydrogen-bond acceptors (Lipinski definition) is 8. The Kier molecular flexibility index (Phi) is 6.49. The second-order valence-electron chi connectivity index (χ2n) is 6.36. The molecule has 4 aromatic rings. The van der Waals surface area contributed by atoms with Gasteiger partial charge in [0, 0.05) is 17.3 Å². The highest BCUT2D eigenvalue weighted by atomic mass is 35.5. The number of aryl methyl sites for hydroxylation is 1. The van der Waals surface area contributed by atoms with Gasteiger partial charge in [0.25, 0.3) is 0 Å². The minimum Gasteiger partial charge on any atom is -0.493 e. The predicted molar refractivity (Wildman–Crippen MR) is 122 cm³/mol. The number of nitrogens with zero attached hydrogens (tertiary/aromatic N) is 4. The van der Waals surface area contributed by atoms with Crippen molar-refractivity contribution in [3.63, 3.8) is 0 Å². The summed E-state index contributed by atoms with van der Waals surface area (Å²) in [4.78, 5) is 18.3. The summed E-state index contributed by atoms with van der Waals surface area (Å²) in [6.45, 7) is 2.04. The van der Waals surface area contributed by atoms with E-state index in [4.69, 9.17) is 21.1 Å². The SMILES string of the molecule is COc1ccccc1Oc1c(Cl)nc(-c2ncccn2)nc1NSc1ccc(C)cc1. The molecule has 4 rings (SSSR count). The molecule has 0 aliphatic heterocycles. The molecule has 0 radical (unpaired) electrons. The van der Waals surface area contributed by atoms with Crippen LogP contribution in [0.4, 0.5) is 5.82 Å². The number of ether oxygens (including phenoxy) is 2. The van der Waals surface area contributed by atoms with Gasteiger partial charge in [0.2, 0.25) is 11.6 Å². The topological polar surface area (TPSA) is 82.1 Å². The van der Waals surface area contributed by atoms with Crippen molar-refractivity contribution >= 4 is 29.4 Å². The smallest absolute Gasteiger partial charge is 0.208 e. The number of nitrogens with one attached hydrogen (secondary N) is 1. The monoisotopic (exact) mass is 451 g/mol. The zero-order chi connectivity index (χ0) is 21.6. The Morgan fingerprint density at radius 3 is 2.29 bits per heavy atom. The van der Waals surface area contributed by atoms with Crippen molar-refractivity contribution in [2.45, 2.75) is 11.8 Å². The molecule has 9 heteroatoms. The fourth-order valence-corrected chi connectivity index (χ4v) is 3.46. The molecule has 156 valence electrons. The largest absolute Gasteiger partial charge is 0.493 e. The van der Waals surface area contributed by atoms with Crippen molar-refractivity contribution in [3.8, 4) is 28.9 Å². The molecule has 0 aliphatic rings. The van der Waals surface area contributed by atoms with Crippen LogP contribution in [0.2, 0.25) is 5.15 Å². The Labute approximate surface area is 189 Å². The minimum atomic E-state index is 0.121. The van der Waals surface area contributed by atoms with Crippen molar-refractivity contribution in [1.82, 2.24) is 19.9 Å². The van der Waals surface area contributed by atoms with Crippen molar-refractivity contribution in [1.29, 1.82) is 0 Å². The average Bonchev–Trinajstić information content (AvgIpc) is 2.81. The van der Waals surface area contributed by atoms with Crippen molar-refractivity contribution in [3.05, 3.63) is 77.7 Å². The molecular formula is C22H18ClN5O2S. The Morgan fingerprint density at radius 1 is 0.871 bits per heavy atom. The number of aromatic nitrogens is 4. The minimum absolute atomic E-state index is 0.121. The number of para-hydroxylation sites is 2. The van der Waals surface area contributed by atoms with Gasteiger partial charge in [-0.3, -0.25) is 0 Å². The molecule has 1 N–H and O–H groups in total. The van der Waals surface area contributed by atoms with Crippen LogP contribution in [0.5, 0.6) is 17.2 Å². The number of benzene rings is 2. The molecular weight excluding hydrogens is 434 g/mol. The molecule has 31 heavy (non-hydrogen) atoms. The third-order valence-corrected chi connectivity index (χ3v) is 5.22. The highest BCUT2D eigenvalue weighted by Crippen LogP contribution is 2.40. The van der Waals surface area contributed by atoms with E-state index in [0.717, 1.165) is 4.90 Å². The van der Waals surface area contributed by atoms with E-state index >= 15 is 0 Å². The molecule has 0 aliphatic carbocycles. The molecule has 0 bridgehead atoms. The van der Waals surface area contributed by atoms with Gasteiger partial charge >= 0.3 is 0 Å². The Bertz CT molecular complexity index is 1180. The lowest BCUT2D eigenvalue weighted by Gasteiger charge is -2.15. The average molecular weight is 452 g/mol.